The maximum absolute atomic E-state index is 13.7. The van der Waals surface area contributed by atoms with Crippen molar-refractivity contribution >= 4 is 0 Å². The van der Waals surface area contributed by atoms with Gasteiger partial charge in [0.05, 0.1) is 0 Å². The Morgan fingerprint density at radius 3 is 2.68 bits per heavy atom. The van der Waals surface area contributed by atoms with Crippen LogP contribution in [0, 0.1) is 11.6 Å². The Balaban J connectivity index is 2.10. The quantitative estimate of drug-likeness (QED) is 0.643. The average molecular weight is 263 g/mol. The van der Waals surface area contributed by atoms with Crippen LogP contribution in [-0.2, 0) is 6.42 Å². The molecule has 0 saturated carbocycles. The second kappa shape index (κ2) is 6.36. The number of nitrogens with one attached hydrogen (secondary N) is 1. The highest BCUT2D eigenvalue weighted by Gasteiger charge is 2.17. The van der Waals surface area contributed by atoms with E-state index in [4.69, 9.17) is 5.84 Å². The van der Waals surface area contributed by atoms with E-state index < -0.39 is 17.7 Å². The van der Waals surface area contributed by atoms with E-state index in [1.165, 1.54) is 12.1 Å². The lowest BCUT2D eigenvalue weighted by molar-refractivity contribution is 0.451. The number of halogens is 2. The molecule has 0 spiro atoms. The molecular weight excluding hydrogens is 248 g/mol. The molecule has 0 bridgehead atoms. The number of nitrogens with two attached hydrogens (primary N) is 1. The number of aromatic nitrogens is 1. The van der Waals surface area contributed by atoms with Gasteiger partial charge in [-0.15, -0.1) is 0 Å². The van der Waals surface area contributed by atoms with Gasteiger partial charge in [-0.2, -0.15) is 0 Å². The van der Waals surface area contributed by atoms with Gasteiger partial charge in [-0.05, 0) is 31.0 Å². The third-order valence-corrected chi connectivity index (χ3v) is 2.97. The van der Waals surface area contributed by atoms with Crippen molar-refractivity contribution in [2.75, 3.05) is 0 Å². The first-order valence-corrected chi connectivity index (χ1v) is 6.02. The van der Waals surface area contributed by atoms with E-state index in [1.807, 2.05) is 18.2 Å². The van der Waals surface area contributed by atoms with Gasteiger partial charge in [0, 0.05) is 23.5 Å². The highest BCUT2D eigenvalue weighted by Crippen LogP contribution is 2.22. The smallest absolute Gasteiger partial charge is 0.163 e. The van der Waals surface area contributed by atoms with Gasteiger partial charge in [-0.1, -0.05) is 18.2 Å². The zero-order valence-corrected chi connectivity index (χ0v) is 10.3. The molecule has 1 aromatic carbocycles. The molecule has 0 saturated heterocycles. The Morgan fingerprint density at radius 2 is 2.00 bits per heavy atom. The maximum atomic E-state index is 13.7. The van der Waals surface area contributed by atoms with E-state index in [-0.39, 0.29) is 5.56 Å². The molecule has 0 aliphatic carbocycles. The summed E-state index contributed by atoms with van der Waals surface area (Å²) in [4.78, 5) is 4.18. The van der Waals surface area contributed by atoms with Crippen LogP contribution in [0.15, 0.2) is 42.6 Å². The third-order valence-electron chi connectivity index (χ3n) is 2.97. The van der Waals surface area contributed by atoms with Crippen molar-refractivity contribution in [3.05, 3.63) is 65.5 Å². The molecule has 2 aromatic rings. The second-order valence-corrected chi connectivity index (χ2v) is 4.22. The topological polar surface area (TPSA) is 50.9 Å². The lowest BCUT2D eigenvalue weighted by atomic mass is 10.0. The first-order chi connectivity index (χ1) is 9.22. The number of aryl methyl sites for hydroxylation is 1. The highest BCUT2D eigenvalue weighted by molar-refractivity contribution is 5.22. The highest BCUT2D eigenvalue weighted by atomic mass is 19.2. The van der Waals surface area contributed by atoms with E-state index in [1.54, 1.807) is 6.20 Å². The normalized spacial score (nSPS) is 12.4. The largest absolute Gasteiger partial charge is 0.271 e. The summed E-state index contributed by atoms with van der Waals surface area (Å²) in [7, 11) is 0. The molecule has 0 aliphatic rings. The summed E-state index contributed by atoms with van der Waals surface area (Å²) in [5.41, 5.74) is 3.65. The van der Waals surface area contributed by atoms with Crippen molar-refractivity contribution in [3.63, 3.8) is 0 Å². The molecule has 1 aromatic heterocycles. The second-order valence-electron chi connectivity index (χ2n) is 4.22. The molecule has 0 radical (unpaired) electrons. The van der Waals surface area contributed by atoms with E-state index in [9.17, 15) is 8.78 Å². The molecule has 0 fully saturated rings. The molecule has 19 heavy (non-hydrogen) atoms. The predicted octanol–water partition coefficient (Wildman–Crippen LogP) is 2.50. The van der Waals surface area contributed by atoms with Crippen molar-refractivity contribution in [3.8, 4) is 0 Å². The Kier molecular flexibility index (Phi) is 4.54. The number of benzene rings is 1. The van der Waals surface area contributed by atoms with E-state index >= 15 is 0 Å². The molecule has 100 valence electrons. The van der Waals surface area contributed by atoms with Crippen LogP contribution in [0.5, 0.6) is 0 Å². The van der Waals surface area contributed by atoms with Gasteiger partial charge in [-0.3, -0.25) is 16.3 Å². The fourth-order valence-electron chi connectivity index (χ4n) is 1.96. The molecular formula is C14H15F2N3. The lowest BCUT2D eigenvalue weighted by Gasteiger charge is -2.17. The fraction of sp³-hybridized carbons (Fsp3) is 0.214. The fourth-order valence-corrected chi connectivity index (χ4v) is 1.96. The number of hydrogen-bond donors (Lipinski definition) is 2. The van der Waals surface area contributed by atoms with Crippen molar-refractivity contribution in [2.24, 2.45) is 5.84 Å². The molecule has 1 unspecified atom stereocenters. The van der Waals surface area contributed by atoms with E-state index in [0.717, 1.165) is 11.8 Å². The van der Waals surface area contributed by atoms with Crippen LogP contribution < -0.4 is 11.3 Å². The molecule has 2 rings (SSSR count). The van der Waals surface area contributed by atoms with E-state index in [2.05, 4.69) is 10.4 Å². The van der Waals surface area contributed by atoms with Gasteiger partial charge in [-0.25, -0.2) is 8.78 Å². The zero-order valence-electron chi connectivity index (χ0n) is 10.3. The first-order valence-electron chi connectivity index (χ1n) is 6.02. The monoisotopic (exact) mass is 263 g/mol. The molecule has 3 nitrogen and oxygen atoms in total. The molecule has 1 atom stereocenters. The number of nitrogens with zero attached hydrogens (tertiary/aromatic N) is 1. The van der Waals surface area contributed by atoms with Gasteiger partial charge < -0.3 is 0 Å². The predicted molar refractivity (Wildman–Crippen MR) is 69.0 cm³/mol. The standard InChI is InChI=1S/C14H15F2N3/c15-12-6-3-5-11(14(12)16)13(19-17)8-7-10-4-1-2-9-18-10/h1-6,9,13,19H,7-8,17H2. The summed E-state index contributed by atoms with van der Waals surface area (Å²) in [6, 6.07) is 9.24. The van der Waals surface area contributed by atoms with Crippen molar-refractivity contribution in [2.45, 2.75) is 18.9 Å². The minimum absolute atomic E-state index is 0.235. The van der Waals surface area contributed by atoms with Crippen LogP contribution in [-0.4, -0.2) is 4.98 Å². The van der Waals surface area contributed by atoms with Gasteiger partial charge in [0.1, 0.15) is 0 Å². The zero-order chi connectivity index (χ0) is 13.7. The molecule has 3 N–H and O–H groups in total. The lowest BCUT2D eigenvalue weighted by Crippen LogP contribution is -2.29. The number of hydrazine groups is 1. The van der Waals surface area contributed by atoms with Gasteiger partial charge in [0.25, 0.3) is 0 Å². The molecule has 0 amide bonds. The summed E-state index contributed by atoms with van der Waals surface area (Å²) in [5.74, 6) is 3.71. The molecule has 0 aliphatic heterocycles. The number of pyridine rings is 1. The van der Waals surface area contributed by atoms with Crippen LogP contribution in [0.3, 0.4) is 0 Å². The Hall–Kier alpha value is -1.85. The number of hydrogen-bond acceptors (Lipinski definition) is 3. The molecule has 5 heteroatoms. The van der Waals surface area contributed by atoms with Crippen molar-refractivity contribution < 1.29 is 8.78 Å². The average Bonchev–Trinajstić information content (AvgIpc) is 2.45. The van der Waals surface area contributed by atoms with Crippen LogP contribution in [0.4, 0.5) is 8.78 Å². The first kappa shape index (κ1) is 13.6. The summed E-state index contributed by atoms with van der Waals surface area (Å²) in [6.07, 6.45) is 2.86. The van der Waals surface area contributed by atoms with Gasteiger partial charge in [0.15, 0.2) is 11.6 Å². The Bertz CT molecular complexity index is 531. The maximum Gasteiger partial charge on any atom is 0.163 e. The van der Waals surface area contributed by atoms with Crippen molar-refractivity contribution in [1.82, 2.24) is 10.4 Å². The van der Waals surface area contributed by atoms with Crippen LogP contribution in [0.25, 0.3) is 0 Å². The summed E-state index contributed by atoms with van der Waals surface area (Å²) < 4.78 is 26.9. The minimum Gasteiger partial charge on any atom is -0.271 e. The van der Waals surface area contributed by atoms with Gasteiger partial charge >= 0.3 is 0 Å². The molecule has 1 heterocycles. The summed E-state index contributed by atoms with van der Waals surface area (Å²) >= 11 is 0. The van der Waals surface area contributed by atoms with Crippen molar-refractivity contribution in [1.29, 1.82) is 0 Å². The summed E-state index contributed by atoms with van der Waals surface area (Å²) in [5, 5.41) is 0. The third kappa shape index (κ3) is 3.33. The Labute approximate surface area is 110 Å². The summed E-state index contributed by atoms with van der Waals surface area (Å²) in [6.45, 7) is 0. The Morgan fingerprint density at radius 1 is 1.16 bits per heavy atom. The van der Waals surface area contributed by atoms with Crippen LogP contribution >= 0.6 is 0 Å². The number of rotatable bonds is 5. The van der Waals surface area contributed by atoms with Gasteiger partial charge in [0.2, 0.25) is 0 Å². The van der Waals surface area contributed by atoms with Crippen LogP contribution in [0.2, 0.25) is 0 Å². The SMILES string of the molecule is NNC(CCc1ccccn1)c1cccc(F)c1F. The van der Waals surface area contributed by atoms with E-state index in [0.29, 0.717) is 12.8 Å². The minimum atomic E-state index is -0.865. The van der Waals surface area contributed by atoms with Crippen LogP contribution in [0.1, 0.15) is 23.7 Å².